The fourth-order valence-corrected chi connectivity index (χ4v) is 2.95. The Labute approximate surface area is 109 Å². The average Bonchev–Trinajstić information content (AvgIpc) is 2.39. The Morgan fingerprint density at radius 3 is 2.17 bits per heavy atom. The summed E-state index contributed by atoms with van der Waals surface area (Å²) in [4.78, 5) is 13.7. The molecule has 1 aromatic carbocycles. The lowest BCUT2D eigenvalue weighted by molar-refractivity contribution is -0.130. The molecule has 0 aliphatic rings. The molecule has 5 heteroatoms. The molecule has 100 valence electrons. The standard InChI is InChI=1S/C13H19NO3S/c1-3-14(4-2)13(15)10-11-18(16,17)12-8-6-5-7-9-12/h5-9H,3-4,10-11H2,1-2H3. The third-order valence-corrected chi connectivity index (χ3v) is 4.54. The maximum Gasteiger partial charge on any atom is 0.223 e. The number of nitrogens with zero attached hydrogens (tertiary/aromatic N) is 1. The van der Waals surface area contributed by atoms with E-state index in [0.717, 1.165) is 0 Å². The first-order valence-corrected chi connectivity index (χ1v) is 7.72. The first kappa shape index (κ1) is 14.7. The van der Waals surface area contributed by atoms with Crippen LogP contribution in [0.4, 0.5) is 0 Å². The quantitative estimate of drug-likeness (QED) is 0.790. The van der Waals surface area contributed by atoms with Gasteiger partial charge in [0, 0.05) is 19.5 Å². The smallest absolute Gasteiger partial charge is 0.223 e. The zero-order valence-electron chi connectivity index (χ0n) is 10.8. The predicted molar refractivity (Wildman–Crippen MR) is 71.0 cm³/mol. The minimum atomic E-state index is -3.35. The van der Waals surface area contributed by atoms with E-state index in [1.807, 2.05) is 13.8 Å². The van der Waals surface area contributed by atoms with E-state index in [1.165, 1.54) is 0 Å². The van der Waals surface area contributed by atoms with E-state index in [9.17, 15) is 13.2 Å². The molecule has 0 aliphatic carbocycles. The molecule has 1 aromatic rings. The molecule has 0 atom stereocenters. The molecule has 0 N–H and O–H groups in total. The number of hydrogen-bond acceptors (Lipinski definition) is 3. The second-order valence-electron chi connectivity index (χ2n) is 3.95. The monoisotopic (exact) mass is 269 g/mol. The second-order valence-corrected chi connectivity index (χ2v) is 6.06. The van der Waals surface area contributed by atoms with E-state index in [1.54, 1.807) is 35.2 Å². The topological polar surface area (TPSA) is 54.5 Å². The van der Waals surface area contributed by atoms with E-state index in [0.29, 0.717) is 13.1 Å². The molecule has 0 bridgehead atoms. The van der Waals surface area contributed by atoms with E-state index >= 15 is 0 Å². The maximum atomic E-state index is 12.0. The summed E-state index contributed by atoms with van der Waals surface area (Å²) in [6.45, 7) is 4.99. The van der Waals surface area contributed by atoms with Gasteiger partial charge in [-0.25, -0.2) is 8.42 Å². The molecule has 4 nitrogen and oxygen atoms in total. The molecular formula is C13H19NO3S. The molecule has 1 amide bonds. The van der Waals surface area contributed by atoms with Gasteiger partial charge in [-0.2, -0.15) is 0 Å². The molecule has 0 spiro atoms. The van der Waals surface area contributed by atoms with Gasteiger partial charge in [-0.05, 0) is 26.0 Å². The fraction of sp³-hybridized carbons (Fsp3) is 0.462. The summed E-state index contributed by atoms with van der Waals surface area (Å²) in [6.07, 6.45) is 0.0406. The van der Waals surface area contributed by atoms with Crippen molar-refractivity contribution in [3.63, 3.8) is 0 Å². The molecule has 0 saturated heterocycles. The number of benzene rings is 1. The van der Waals surface area contributed by atoms with Crippen LogP contribution in [0.5, 0.6) is 0 Å². The van der Waals surface area contributed by atoms with Crippen LogP contribution in [-0.2, 0) is 14.6 Å². The lowest BCUT2D eigenvalue weighted by Gasteiger charge is -2.18. The zero-order chi connectivity index (χ0) is 13.6. The zero-order valence-corrected chi connectivity index (χ0v) is 11.6. The molecule has 1 rings (SSSR count). The number of carbonyl (C=O) groups is 1. The molecule has 0 aromatic heterocycles. The van der Waals surface area contributed by atoms with Gasteiger partial charge in [0.25, 0.3) is 0 Å². The highest BCUT2D eigenvalue weighted by Gasteiger charge is 2.18. The van der Waals surface area contributed by atoms with Crippen LogP contribution in [0.2, 0.25) is 0 Å². The lowest BCUT2D eigenvalue weighted by Crippen LogP contribution is -2.31. The van der Waals surface area contributed by atoms with Crippen LogP contribution in [0.1, 0.15) is 20.3 Å². The summed E-state index contributed by atoms with van der Waals surface area (Å²) in [5.41, 5.74) is 0. The highest BCUT2D eigenvalue weighted by molar-refractivity contribution is 7.91. The molecular weight excluding hydrogens is 250 g/mol. The Kier molecular flexibility index (Phi) is 5.34. The van der Waals surface area contributed by atoms with Crippen LogP contribution >= 0.6 is 0 Å². The minimum absolute atomic E-state index is 0.0406. The van der Waals surface area contributed by atoms with Gasteiger partial charge in [0.05, 0.1) is 10.6 Å². The van der Waals surface area contributed by atoms with Crippen molar-refractivity contribution in [3.8, 4) is 0 Å². The first-order chi connectivity index (χ1) is 8.51. The Balaban J connectivity index is 2.66. The summed E-state index contributed by atoms with van der Waals surface area (Å²) in [5.74, 6) is -0.244. The van der Waals surface area contributed by atoms with Crippen LogP contribution in [0.3, 0.4) is 0 Å². The van der Waals surface area contributed by atoms with Crippen molar-refractivity contribution in [1.29, 1.82) is 0 Å². The molecule has 0 fully saturated rings. The van der Waals surface area contributed by atoms with Crippen molar-refractivity contribution in [3.05, 3.63) is 30.3 Å². The van der Waals surface area contributed by atoms with Gasteiger partial charge in [0.2, 0.25) is 5.91 Å². The molecule has 0 aliphatic heterocycles. The van der Waals surface area contributed by atoms with Crippen molar-refractivity contribution >= 4 is 15.7 Å². The largest absolute Gasteiger partial charge is 0.343 e. The van der Waals surface area contributed by atoms with Gasteiger partial charge >= 0.3 is 0 Å². The number of sulfone groups is 1. The van der Waals surface area contributed by atoms with Gasteiger partial charge in [0.15, 0.2) is 9.84 Å². The Morgan fingerprint density at radius 1 is 1.11 bits per heavy atom. The predicted octanol–water partition coefficient (Wildman–Crippen LogP) is 1.72. The Bertz CT molecular complexity index is 478. The average molecular weight is 269 g/mol. The van der Waals surface area contributed by atoms with Gasteiger partial charge in [0.1, 0.15) is 0 Å². The highest BCUT2D eigenvalue weighted by atomic mass is 32.2. The van der Waals surface area contributed by atoms with E-state index in [-0.39, 0.29) is 23.0 Å². The second kappa shape index (κ2) is 6.54. The number of hydrogen-bond donors (Lipinski definition) is 0. The Morgan fingerprint density at radius 2 is 1.67 bits per heavy atom. The van der Waals surface area contributed by atoms with Crippen LogP contribution in [0.25, 0.3) is 0 Å². The van der Waals surface area contributed by atoms with Crippen LogP contribution in [0.15, 0.2) is 35.2 Å². The summed E-state index contributed by atoms with van der Waals surface area (Å²) in [5, 5.41) is 0. The summed E-state index contributed by atoms with van der Waals surface area (Å²) >= 11 is 0. The minimum Gasteiger partial charge on any atom is -0.343 e. The van der Waals surface area contributed by atoms with Crippen molar-refractivity contribution in [2.75, 3.05) is 18.8 Å². The van der Waals surface area contributed by atoms with Crippen LogP contribution < -0.4 is 0 Å². The van der Waals surface area contributed by atoms with Gasteiger partial charge in [-0.3, -0.25) is 4.79 Å². The van der Waals surface area contributed by atoms with Crippen molar-refractivity contribution in [1.82, 2.24) is 4.90 Å². The van der Waals surface area contributed by atoms with Crippen LogP contribution in [-0.4, -0.2) is 38.1 Å². The Hall–Kier alpha value is -1.36. The number of rotatable bonds is 6. The lowest BCUT2D eigenvalue weighted by atomic mass is 10.4. The molecule has 0 radical (unpaired) electrons. The molecule has 0 heterocycles. The number of amides is 1. The first-order valence-electron chi connectivity index (χ1n) is 6.06. The maximum absolute atomic E-state index is 12.0. The summed E-state index contributed by atoms with van der Waals surface area (Å²) in [6, 6.07) is 8.23. The fourth-order valence-electron chi connectivity index (χ4n) is 1.70. The third-order valence-electron chi connectivity index (χ3n) is 2.80. The SMILES string of the molecule is CCN(CC)C(=O)CCS(=O)(=O)c1ccccc1. The molecule has 18 heavy (non-hydrogen) atoms. The van der Waals surface area contributed by atoms with Crippen molar-refractivity contribution in [2.24, 2.45) is 0 Å². The van der Waals surface area contributed by atoms with E-state index < -0.39 is 9.84 Å². The van der Waals surface area contributed by atoms with Gasteiger partial charge in [-0.1, -0.05) is 18.2 Å². The van der Waals surface area contributed by atoms with Crippen molar-refractivity contribution in [2.45, 2.75) is 25.2 Å². The molecule has 0 unspecified atom stereocenters. The third kappa shape index (κ3) is 3.84. The summed E-state index contributed by atoms with van der Waals surface area (Å²) < 4.78 is 23.9. The highest BCUT2D eigenvalue weighted by Crippen LogP contribution is 2.11. The normalized spacial score (nSPS) is 11.2. The van der Waals surface area contributed by atoms with E-state index in [2.05, 4.69) is 0 Å². The van der Waals surface area contributed by atoms with E-state index in [4.69, 9.17) is 0 Å². The van der Waals surface area contributed by atoms with Gasteiger partial charge < -0.3 is 4.90 Å². The van der Waals surface area contributed by atoms with Crippen LogP contribution in [0, 0.1) is 0 Å². The number of carbonyl (C=O) groups excluding carboxylic acids is 1. The molecule has 0 saturated carbocycles. The summed E-state index contributed by atoms with van der Waals surface area (Å²) in [7, 11) is -3.35. The van der Waals surface area contributed by atoms with Crippen molar-refractivity contribution < 1.29 is 13.2 Å². The van der Waals surface area contributed by atoms with Gasteiger partial charge in [-0.15, -0.1) is 0 Å².